The van der Waals surface area contributed by atoms with Gasteiger partial charge < -0.3 is 16.0 Å². The van der Waals surface area contributed by atoms with E-state index in [4.69, 9.17) is 5.73 Å². The Kier molecular flexibility index (Phi) is 3.22. The Morgan fingerprint density at radius 3 is 2.95 bits per heavy atom. The average Bonchev–Trinajstić information content (AvgIpc) is 3.26. The van der Waals surface area contributed by atoms with Crippen LogP contribution in [0.3, 0.4) is 0 Å². The van der Waals surface area contributed by atoms with Gasteiger partial charge in [0.1, 0.15) is 11.5 Å². The average molecular weight is 296 g/mol. The van der Waals surface area contributed by atoms with Gasteiger partial charge in [0.15, 0.2) is 0 Å². The summed E-state index contributed by atoms with van der Waals surface area (Å²) in [5.74, 6) is 0.901. The Morgan fingerprint density at radius 2 is 2.23 bits per heavy atom. The second-order valence-corrected chi connectivity index (χ2v) is 6.32. The molecule has 4 rings (SSSR count). The molecule has 0 aliphatic heterocycles. The fraction of sp³-hybridized carbons (Fsp3) is 0.412. The van der Waals surface area contributed by atoms with E-state index in [0.29, 0.717) is 5.82 Å². The number of carbonyl (C=O) groups is 1. The topological polar surface area (TPSA) is 83.8 Å². The Morgan fingerprint density at radius 1 is 1.36 bits per heavy atom. The molecule has 0 bridgehead atoms. The van der Waals surface area contributed by atoms with E-state index in [9.17, 15) is 4.79 Å². The third-order valence-electron chi connectivity index (χ3n) is 4.53. The van der Waals surface area contributed by atoms with Crippen LogP contribution in [-0.4, -0.2) is 21.9 Å². The number of nitrogens with zero attached hydrogens (tertiary/aromatic N) is 1. The van der Waals surface area contributed by atoms with Crippen LogP contribution in [0.15, 0.2) is 24.4 Å². The Labute approximate surface area is 129 Å². The standard InChI is InChI=1S/C17H20N4O/c18-12-5-3-10(4-6-12)14-9-15(21-17(22)11-1-2-11)20-16-13(14)7-8-19-16/h3,7-9,11-12H,1-2,4-6,18H2,(H2,19,20,21,22). The van der Waals surface area contributed by atoms with Crippen molar-refractivity contribution < 1.29 is 4.79 Å². The lowest BCUT2D eigenvalue weighted by Gasteiger charge is -2.19. The first-order valence-electron chi connectivity index (χ1n) is 7.94. The number of aromatic amines is 1. The van der Waals surface area contributed by atoms with Gasteiger partial charge in [0.05, 0.1) is 0 Å². The number of aromatic nitrogens is 2. The SMILES string of the molecule is NC1CC=C(c2cc(NC(=O)C3CC3)nc3[nH]ccc23)CC1. The third-order valence-corrected chi connectivity index (χ3v) is 4.53. The van der Waals surface area contributed by atoms with Crippen LogP contribution >= 0.6 is 0 Å². The fourth-order valence-corrected chi connectivity index (χ4v) is 3.04. The maximum absolute atomic E-state index is 12.0. The summed E-state index contributed by atoms with van der Waals surface area (Å²) in [6, 6.07) is 4.31. The maximum Gasteiger partial charge on any atom is 0.228 e. The molecule has 1 saturated carbocycles. The van der Waals surface area contributed by atoms with Crippen molar-refractivity contribution in [1.29, 1.82) is 0 Å². The third kappa shape index (κ3) is 2.52. The summed E-state index contributed by atoms with van der Waals surface area (Å²) in [5, 5.41) is 4.06. The monoisotopic (exact) mass is 296 g/mol. The summed E-state index contributed by atoms with van der Waals surface area (Å²) < 4.78 is 0. The zero-order chi connectivity index (χ0) is 15.1. The van der Waals surface area contributed by atoms with Gasteiger partial charge in [-0.1, -0.05) is 6.08 Å². The van der Waals surface area contributed by atoms with E-state index in [1.54, 1.807) is 0 Å². The summed E-state index contributed by atoms with van der Waals surface area (Å²) in [5.41, 5.74) is 9.26. The molecular weight excluding hydrogens is 276 g/mol. The van der Waals surface area contributed by atoms with Crippen molar-refractivity contribution in [3.63, 3.8) is 0 Å². The van der Waals surface area contributed by atoms with E-state index < -0.39 is 0 Å². The van der Waals surface area contributed by atoms with Crippen LogP contribution < -0.4 is 11.1 Å². The molecule has 5 heteroatoms. The number of anilines is 1. The van der Waals surface area contributed by atoms with Crippen molar-refractivity contribution in [3.8, 4) is 0 Å². The largest absolute Gasteiger partial charge is 0.346 e. The number of allylic oxidation sites excluding steroid dienone is 1. The first kappa shape index (κ1) is 13.5. The highest BCUT2D eigenvalue weighted by Gasteiger charge is 2.30. The molecule has 1 fully saturated rings. The van der Waals surface area contributed by atoms with E-state index in [1.807, 2.05) is 18.3 Å². The molecular formula is C17H20N4O. The highest BCUT2D eigenvalue weighted by atomic mass is 16.2. The van der Waals surface area contributed by atoms with E-state index in [0.717, 1.165) is 48.7 Å². The minimum atomic E-state index is 0.0870. The lowest BCUT2D eigenvalue weighted by molar-refractivity contribution is -0.117. The predicted octanol–water partition coefficient (Wildman–Crippen LogP) is 2.81. The first-order chi connectivity index (χ1) is 10.7. The quantitative estimate of drug-likeness (QED) is 0.814. The molecule has 22 heavy (non-hydrogen) atoms. The lowest BCUT2D eigenvalue weighted by Crippen LogP contribution is -2.21. The van der Waals surface area contributed by atoms with Crippen molar-refractivity contribution in [2.24, 2.45) is 11.7 Å². The van der Waals surface area contributed by atoms with Crippen molar-refractivity contribution in [2.75, 3.05) is 5.32 Å². The van der Waals surface area contributed by atoms with E-state index in [2.05, 4.69) is 21.4 Å². The zero-order valence-corrected chi connectivity index (χ0v) is 12.4. The van der Waals surface area contributed by atoms with Gasteiger partial charge in [0, 0.05) is 23.5 Å². The van der Waals surface area contributed by atoms with Crippen LogP contribution in [0.4, 0.5) is 5.82 Å². The number of amides is 1. The molecule has 4 N–H and O–H groups in total. The minimum absolute atomic E-state index is 0.0870. The molecule has 114 valence electrons. The summed E-state index contributed by atoms with van der Waals surface area (Å²) in [7, 11) is 0. The van der Waals surface area contributed by atoms with Crippen molar-refractivity contribution >= 4 is 28.3 Å². The van der Waals surface area contributed by atoms with Gasteiger partial charge in [-0.15, -0.1) is 0 Å². The van der Waals surface area contributed by atoms with Gasteiger partial charge in [-0.3, -0.25) is 4.79 Å². The van der Waals surface area contributed by atoms with E-state index in [1.165, 1.54) is 5.57 Å². The predicted molar refractivity (Wildman–Crippen MR) is 87.3 cm³/mol. The van der Waals surface area contributed by atoms with Gasteiger partial charge in [0.25, 0.3) is 0 Å². The Bertz CT molecular complexity index is 757. The summed E-state index contributed by atoms with van der Waals surface area (Å²) in [6.07, 6.45) is 8.99. The summed E-state index contributed by atoms with van der Waals surface area (Å²) in [4.78, 5) is 19.7. The molecule has 2 aliphatic carbocycles. The molecule has 1 atom stereocenters. The van der Waals surface area contributed by atoms with Crippen molar-refractivity contribution in [3.05, 3.63) is 30.0 Å². The van der Waals surface area contributed by atoms with Crippen LogP contribution in [0.2, 0.25) is 0 Å². The molecule has 0 spiro atoms. The van der Waals surface area contributed by atoms with Gasteiger partial charge in [0.2, 0.25) is 5.91 Å². The van der Waals surface area contributed by atoms with Gasteiger partial charge in [-0.25, -0.2) is 4.98 Å². The molecule has 2 aliphatic rings. The van der Waals surface area contributed by atoms with Crippen LogP contribution in [0.25, 0.3) is 16.6 Å². The molecule has 2 aromatic rings. The van der Waals surface area contributed by atoms with Crippen LogP contribution in [0, 0.1) is 5.92 Å². The van der Waals surface area contributed by atoms with Crippen molar-refractivity contribution in [1.82, 2.24) is 9.97 Å². The number of fused-ring (bicyclic) bond motifs is 1. The number of H-pyrrole nitrogens is 1. The zero-order valence-electron chi connectivity index (χ0n) is 12.4. The normalized spacial score (nSPS) is 21.7. The molecule has 2 aromatic heterocycles. The fourth-order valence-electron chi connectivity index (χ4n) is 3.04. The van der Waals surface area contributed by atoms with Crippen molar-refractivity contribution in [2.45, 2.75) is 38.1 Å². The highest BCUT2D eigenvalue weighted by Crippen LogP contribution is 2.34. The second kappa shape index (κ2) is 5.25. The number of hydrogen-bond acceptors (Lipinski definition) is 3. The van der Waals surface area contributed by atoms with Gasteiger partial charge >= 0.3 is 0 Å². The van der Waals surface area contributed by atoms with E-state index in [-0.39, 0.29) is 17.9 Å². The number of carbonyl (C=O) groups excluding carboxylic acids is 1. The minimum Gasteiger partial charge on any atom is -0.346 e. The molecule has 0 saturated heterocycles. The van der Waals surface area contributed by atoms with Crippen LogP contribution in [0.1, 0.15) is 37.7 Å². The maximum atomic E-state index is 12.0. The van der Waals surface area contributed by atoms with E-state index >= 15 is 0 Å². The Balaban J connectivity index is 1.72. The molecule has 1 amide bonds. The Hall–Kier alpha value is -2.14. The molecule has 2 heterocycles. The molecule has 0 radical (unpaired) electrons. The molecule has 0 aromatic carbocycles. The second-order valence-electron chi connectivity index (χ2n) is 6.32. The number of hydrogen-bond donors (Lipinski definition) is 3. The van der Waals surface area contributed by atoms with Crippen LogP contribution in [-0.2, 0) is 4.79 Å². The summed E-state index contributed by atoms with van der Waals surface area (Å²) >= 11 is 0. The number of nitrogens with two attached hydrogens (primary N) is 1. The first-order valence-corrected chi connectivity index (χ1v) is 7.94. The highest BCUT2D eigenvalue weighted by molar-refractivity contribution is 5.97. The molecule has 1 unspecified atom stereocenters. The van der Waals surface area contributed by atoms with Gasteiger partial charge in [-0.2, -0.15) is 0 Å². The number of nitrogens with one attached hydrogen (secondary N) is 2. The summed E-state index contributed by atoms with van der Waals surface area (Å²) in [6.45, 7) is 0. The smallest absolute Gasteiger partial charge is 0.228 e. The van der Waals surface area contributed by atoms with Gasteiger partial charge in [-0.05, 0) is 55.4 Å². The number of rotatable bonds is 3. The number of pyridine rings is 1. The van der Waals surface area contributed by atoms with Crippen LogP contribution in [0.5, 0.6) is 0 Å². The molecule has 5 nitrogen and oxygen atoms in total. The lowest BCUT2D eigenvalue weighted by atomic mass is 9.90.